The summed E-state index contributed by atoms with van der Waals surface area (Å²) in [4.78, 5) is 0.0694. The first kappa shape index (κ1) is 15.5. The lowest BCUT2D eigenvalue weighted by molar-refractivity contribution is 0.386. The number of benzene rings is 2. The minimum absolute atomic E-state index is 0.0694. The lowest BCUT2D eigenvalue weighted by atomic mass is 10.1. The molecule has 3 rings (SSSR count). The lowest BCUT2D eigenvalue weighted by Gasteiger charge is -2.25. The molecule has 0 spiro atoms. The van der Waals surface area contributed by atoms with Crippen molar-refractivity contribution in [1.29, 1.82) is 0 Å². The monoisotopic (exact) mass is 339 g/mol. The fourth-order valence-corrected chi connectivity index (χ4v) is 5.03. The Labute approximate surface area is 134 Å². The summed E-state index contributed by atoms with van der Waals surface area (Å²) >= 11 is 6.03. The van der Waals surface area contributed by atoms with Crippen LogP contribution in [-0.4, -0.2) is 19.3 Å². The van der Waals surface area contributed by atoms with Crippen molar-refractivity contribution >= 4 is 21.6 Å². The van der Waals surface area contributed by atoms with Crippen molar-refractivity contribution in [3.8, 4) is 0 Å². The zero-order valence-corrected chi connectivity index (χ0v) is 13.3. The maximum Gasteiger partial charge on any atom is 0.245 e. The third kappa shape index (κ3) is 2.64. The van der Waals surface area contributed by atoms with Crippen LogP contribution in [0.25, 0.3) is 0 Å². The van der Waals surface area contributed by atoms with Gasteiger partial charge in [-0.05, 0) is 31.0 Å². The number of rotatable bonds is 3. The number of hydrogen-bond donors (Lipinski definition) is 0. The third-order valence-electron chi connectivity index (χ3n) is 3.89. The van der Waals surface area contributed by atoms with Crippen LogP contribution in [0.2, 0.25) is 5.02 Å². The Hall–Kier alpha value is -1.43. The van der Waals surface area contributed by atoms with Crippen molar-refractivity contribution in [3.63, 3.8) is 0 Å². The zero-order chi connectivity index (χ0) is 15.7. The summed E-state index contributed by atoms with van der Waals surface area (Å²) in [6.07, 6.45) is 1.30. The largest absolute Gasteiger partial charge is 0.245 e. The standard InChI is InChI=1S/C16H15ClFNO2S/c17-13-7-2-4-10-16(13)22(20,21)19-11-5-9-15(19)12-6-1-3-8-14(12)18/h1-4,6-8,10,15H,5,9,11H2/t15-/m1/s1. The Kier molecular flexibility index (Phi) is 4.21. The molecule has 0 N–H and O–H groups in total. The van der Waals surface area contributed by atoms with E-state index in [0.29, 0.717) is 24.9 Å². The molecule has 1 fully saturated rings. The second kappa shape index (κ2) is 5.99. The molecule has 0 bridgehead atoms. The van der Waals surface area contributed by atoms with Crippen LogP contribution in [0.1, 0.15) is 24.4 Å². The molecule has 2 aromatic carbocycles. The van der Waals surface area contributed by atoms with Crippen LogP contribution in [0.4, 0.5) is 4.39 Å². The Morgan fingerprint density at radius 2 is 1.77 bits per heavy atom. The van der Waals surface area contributed by atoms with Gasteiger partial charge < -0.3 is 0 Å². The van der Waals surface area contributed by atoms with Crippen LogP contribution < -0.4 is 0 Å². The predicted molar refractivity (Wildman–Crippen MR) is 83.7 cm³/mol. The average molecular weight is 340 g/mol. The summed E-state index contributed by atoms with van der Waals surface area (Å²) in [5.74, 6) is -0.381. The second-order valence-electron chi connectivity index (χ2n) is 5.23. The van der Waals surface area contributed by atoms with Crippen molar-refractivity contribution in [2.75, 3.05) is 6.54 Å². The van der Waals surface area contributed by atoms with E-state index in [-0.39, 0.29) is 15.7 Å². The Bertz CT molecular complexity index is 794. The highest BCUT2D eigenvalue weighted by molar-refractivity contribution is 7.89. The molecule has 1 atom stereocenters. The molecule has 2 aromatic rings. The number of halogens is 2. The summed E-state index contributed by atoms with van der Waals surface area (Å²) in [6.45, 7) is 0.368. The number of nitrogens with zero attached hydrogens (tertiary/aromatic N) is 1. The molecule has 0 saturated carbocycles. The molecule has 1 heterocycles. The predicted octanol–water partition coefficient (Wildman–Crippen LogP) is 4.00. The normalized spacial score (nSPS) is 19.5. The van der Waals surface area contributed by atoms with Crippen molar-refractivity contribution in [2.24, 2.45) is 0 Å². The van der Waals surface area contributed by atoms with Crippen LogP contribution in [0.15, 0.2) is 53.4 Å². The van der Waals surface area contributed by atoms with E-state index in [2.05, 4.69) is 0 Å². The van der Waals surface area contributed by atoms with Gasteiger partial charge in [-0.25, -0.2) is 12.8 Å². The number of sulfonamides is 1. The van der Waals surface area contributed by atoms with E-state index < -0.39 is 16.1 Å². The van der Waals surface area contributed by atoms with E-state index in [9.17, 15) is 12.8 Å². The fraction of sp³-hybridized carbons (Fsp3) is 0.250. The molecular formula is C16H15ClFNO2S. The molecule has 1 aliphatic rings. The van der Waals surface area contributed by atoms with Crippen molar-refractivity contribution in [3.05, 3.63) is 64.9 Å². The first-order chi connectivity index (χ1) is 10.5. The molecule has 22 heavy (non-hydrogen) atoms. The molecule has 0 aromatic heterocycles. The first-order valence-electron chi connectivity index (χ1n) is 7.02. The van der Waals surface area contributed by atoms with E-state index in [0.717, 1.165) is 0 Å². The third-order valence-corrected chi connectivity index (χ3v) is 6.30. The molecule has 0 amide bonds. The summed E-state index contributed by atoms with van der Waals surface area (Å²) in [6, 6.07) is 12.2. The van der Waals surface area contributed by atoms with Crippen LogP contribution in [0.5, 0.6) is 0 Å². The van der Waals surface area contributed by atoms with Gasteiger partial charge in [-0.1, -0.05) is 41.9 Å². The summed E-state index contributed by atoms with van der Waals surface area (Å²) < 4.78 is 41.1. The number of hydrogen-bond acceptors (Lipinski definition) is 2. The van der Waals surface area contributed by atoms with E-state index >= 15 is 0 Å². The average Bonchev–Trinajstić information content (AvgIpc) is 2.98. The van der Waals surface area contributed by atoms with Gasteiger partial charge in [-0.3, -0.25) is 0 Å². The van der Waals surface area contributed by atoms with Crippen LogP contribution in [0, 0.1) is 5.82 Å². The Morgan fingerprint density at radius 3 is 2.50 bits per heavy atom. The highest BCUT2D eigenvalue weighted by Gasteiger charge is 2.38. The summed E-state index contributed by atoms with van der Waals surface area (Å²) in [5.41, 5.74) is 0.413. The molecule has 1 aliphatic heterocycles. The van der Waals surface area contributed by atoms with Crippen LogP contribution in [-0.2, 0) is 10.0 Å². The minimum Gasteiger partial charge on any atom is -0.207 e. The summed E-state index contributed by atoms with van der Waals surface area (Å²) in [5, 5.41) is 0.182. The molecule has 6 heteroatoms. The van der Waals surface area contributed by atoms with E-state index in [1.54, 1.807) is 36.4 Å². The maximum atomic E-state index is 14.0. The van der Waals surface area contributed by atoms with Gasteiger partial charge in [-0.2, -0.15) is 4.31 Å². The van der Waals surface area contributed by atoms with Gasteiger partial charge in [0.05, 0.1) is 11.1 Å². The fourth-order valence-electron chi connectivity index (χ4n) is 2.86. The van der Waals surface area contributed by atoms with Crippen LogP contribution >= 0.6 is 11.6 Å². The minimum atomic E-state index is -3.75. The molecule has 0 radical (unpaired) electrons. The Balaban J connectivity index is 2.04. The highest BCUT2D eigenvalue weighted by atomic mass is 35.5. The maximum absolute atomic E-state index is 14.0. The Morgan fingerprint density at radius 1 is 1.09 bits per heavy atom. The van der Waals surface area contributed by atoms with E-state index in [1.165, 1.54) is 16.4 Å². The molecule has 3 nitrogen and oxygen atoms in total. The van der Waals surface area contributed by atoms with Crippen molar-refractivity contribution < 1.29 is 12.8 Å². The zero-order valence-electron chi connectivity index (χ0n) is 11.7. The summed E-state index contributed by atoms with van der Waals surface area (Å²) in [7, 11) is -3.75. The molecule has 1 saturated heterocycles. The van der Waals surface area contributed by atoms with Crippen molar-refractivity contribution in [2.45, 2.75) is 23.8 Å². The van der Waals surface area contributed by atoms with Crippen molar-refractivity contribution in [1.82, 2.24) is 4.31 Å². The smallest absolute Gasteiger partial charge is 0.207 e. The van der Waals surface area contributed by atoms with Gasteiger partial charge in [0.15, 0.2) is 0 Å². The van der Waals surface area contributed by atoms with Gasteiger partial charge >= 0.3 is 0 Å². The van der Waals surface area contributed by atoms with Crippen LogP contribution in [0.3, 0.4) is 0 Å². The SMILES string of the molecule is O=S(=O)(c1ccccc1Cl)N1CCC[C@@H]1c1ccccc1F. The van der Waals surface area contributed by atoms with Gasteiger partial charge in [-0.15, -0.1) is 0 Å². The molecule has 0 aliphatic carbocycles. The second-order valence-corrected chi connectivity index (χ2v) is 7.49. The van der Waals surface area contributed by atoms with Gasteiger partial charge in [0.2, 0.25) is 10.0 Å². The highest BCUT2D eigenvalue weighted by Crippen LogP contribution is 2.38. The first-order valence-corrected chi connectivity index (χ1v) is 8.84. The lowest BCUT2D eigenvalue weighted by Crippen LogP contribution is -2.31. The molecule has 0 unspecified atom stereocenters. The van der Waals surface area contributed by atoms with Gasteiger partial charge in [0.25, 0.3) is 0 Å². The molecule has 116 valence electrons. The molecular weight excluding hydrogens is 325 g/mol. The van der Waals surface area contributed by atoms with E-state index in [4.69, 9.17) is 11.6 Å². The quantitative estimate of drug-likeness (QED) is 0.847. The van der Waals surface area contributed by atoms with Gasteiger partial charge in [0.1, 0.15) is 10.7 Å². The topological polar surface area (TPSA) is 37.4 Å². The van der Waals surface area contributed by atoms with Gasteiger partial charge in [0, 0.05) is 12.1 Å². The van der Waals surface area contributed by atoms with E-state index in [1.807, 2.05) is 0 Å².